The Bertz CT molecular complexity index is 480. The molecule has 3 N–H and O–H groups in total. The Morgan fingerprint density at radius 2 is 1.70 bits per heavy atom. The zero-order valence-electron chi connectivity index (χ0n) is 10.3. The van der Waals surface area contributed by atoms with Crippen molar-refractivity contribution in [3.63, 3.8) is 0 Å². The third-order valence-corrected chi connectivity index (χ3v) is 3.05. The lowest BCUT2D eigenvalue weighted by atomic mass is 10.2. The molecule has 0 saturated carbocycles. The quantitative estimate of drug-likeness (QED) is 0.509. The van der Waals surface area contributed by atoms with Crippen molar-refractivity contribution in [1.29, 1.82) is 5.41 Å². The average Bonchev–Trinajstić information content (AvgIpc) is 2.36. The highest BCUT2D eigenvalue weighted by Crippen LogP contribution is 3.02. The van der Waals surface area contributed by atoms with Crippen molar-refractivity contribution in [3.05, 3.63) is 29.8 Å². The number of nitrogens with two attached hydrogens (primary N) is 1. The summed E-state index contributed by atoms with van der Waals surface area (Å²) in [6.45, 7) is -0.0312. The van der Waals surface area contributed by atoms with Gasteiger partial charge in [-0.3, -0.25) is 4.79 Å². The maximum absolute atomic E-state index is 12.1. The molecule has 1 aromatic rings. The molecule has 10 heteroatoms. The van der Waals surface area contributed by atoms with E-state index in [4.69, 9.17) is 11.1 Å². The molecule has 0 radical (unpaired) electrons. The Hall–Kier alpha value is -1.68. The molecule has 0 aliphatic carbocycles. The lowest BCUT2D eigenvalue weighted by Crippen LogP contribution is -2.14. The highest BCUT2D eigenvalue weighted by atomic mass is 32.5. The summed E-state index contributed by atoms with van der Waals surface area (Å²) in [5, 5.41) is 6.68. The molecule has 0 saturated heterocycles. The Balaban J connectivity index is 0.000000511. The molecule has 116 valence electrons. The van der Waals surface area contributed by atoms with Crippen LogP contribution in [0, 0.1) is 5.41 Å². The fourth-order valence-electron chi connectivity index (χ4n) is 0.905. The van der Waals surface area contributed by atoms with E-state index in [1.54, 1.807) is 0 Å². The first-order valence-corrected chi connectivity index (χ1v) is 6.90. The topological polar surface area (TPSA) is 76.2 Å². The van der Waals surface area contributed by atoms with Gasteiger partial charge in [0.05, 0.1) is 13.7 Å². The summed E-state index contributed by atoms with van der Waals surface area (Å²) in [5.74, 6) is -0.380. The molecule has 0 spiro atoms. The number of carbonyl (C=O) groups excluding carboxylic acids is 1. The van der Waals surface area contributed by atoms with Gasteiger partial charge in [-0.25, -0.2) is 0 Å². The first kappa shape index (κ1) is 18.3. The van der Waals surface area contributed by atoms with Crippen LogP contribution in [0.4, 0.5) is 19.4 Å². The molecule has 0 heterocycles. The van der Waals surface area contributed by atoms with Crippen molar-refractivity contribution in [2.45, 2.75) is 4.90 Å². The van der Waals surface area contributed by atoms with Crippen molar-refractivity contribution >= 4 is 22.4 Å². The second-order valence-corrected chi connectivity index (χ2v) is 5.87. The highest BCUT2D eigenvalue weighted by molar-refractivity contribution is 8.45. The largest absolute Gasteiger partial charge is 0.468 e. The van der Waals surface area contributed by atoms with Crippen molar-refractivity contribution < 1.29 is 29.0 Å². The van der Waals surface area contributed by atoms with Gasteiger partial charge in [0.25, 0.3) is 0 Å². The van der Waals surface area contributed by atoms with E-state index in [1.165, 1.54) is 7.11 Å². The normalized spacial score (nSPS) is 14.2. The van der Waals surface area contributed by atoms with E-state index in [1.807, 2.05) is 0 Å². The Morgan fingerprint density at radius 1 is 1.25 bits per heavy atom. The second-order valence-electron chi connectivity index (χ2n) is 3.46. The number of nitrogens with one attached hydrogen (secondary N) is 1. The molecule has 0 aromatic heterocycles. The summed E-state index contributed by atoms with van der Waals surface area (Å²) in [4.78, 5) is 7.90. The van der Waals surface area contributed by atoms with E-state index in [0.717, 1.165) is 18.3 Å². The summed E-state index contributed by atoms with van der Waals surface area (Å²) in [5.41, 5.74) is 4.94. The van der Waals surface area contributed by atoms with Gasteiger partial charge in [-0.1, -0.05) is 31.6 Å². The minimum absolute atomic E-state index is 0.0312. The van der Waals surface area contributed by atoms with E-state index >= 15 is 0 Å². The molecule has 4 nitrogen and oxygen atoms in total. The first-order chi connectivity index (χ1) is 8.83. The average molecular weight is 320 g/mol. The minimum Gasteiger partial charge on any atom is -0.468 e. The number of halogens is 5. The molecule has 0 aliphatic rings. The summed E-state index contributed by atoms with van der Waals surface area (Å²) in [6, 6.07) is 2.20. The Labute approximate surface area is 111 Å². The van der Waals surface area contributed by atoms with E-state index < -0.39 is 15.1 Å². The van der Waals surface area contributed by atoms with Crippen molar-refractivity contribution in [2.75, 3.05) is 13.7 Å². The molecule has 0 unspecified atom stereocenters. The third-order valence-electron chi connectivity index (χ3n) is 1.89. The van der Waals surface area contributed by atoms with Crippen LogP contribution in [0.1, 0.15) is 5.56 Å². The predicted octanol–water partition coefficient (Wildman–Crippen LogP) is 3.46. The van der Waals surface area contributed by atoms with Crippen LogP contribution in [0.5, 0.6) is 0 Å². The van der Waals surface area contributed by atoms with E-state index in [2.05, 4.69) is 4.74 Å². The van der Waals surface area contributed by atoms with Crippen molar-refractivity contribution in [3.8, 4) is 0 Å². The van der Waals surface area contributed by atoms with Gasteiger partial charge >= 0.3 is 16.2 Å². The van der Waals surface area contributed by atoms with Crippen LogP contribution in [-0.4, -0.2) is 25.8 Å². The number of carbonyl (C=O) groups is 1. The monoisotopic (exact) mass is 320 g/mol. The molecule has 0 fully saturated rings. The van der Waals surface area contributed by atoms with Gasteiger partial charge in [0.2, 0.25) is 0 Å². The second kappa shape index (κ2) is 5.37. The zero-order valence-corrected chi connectivity index (χ0v) is 11.1. The van der Waals surface area contributed by atoms with Crippen molar-refractivity contribution in [1.82, 2.24) is 0 Å². The van der Waals surface area contributed by atoms with Crippen LogP contribution < -0.4 is 5.73 Å². The van der Waals surface area contributed by atoms with Crippen LogP contribution in [0.25, 0.3) is 0 Å². The highest BCUT2D eigenvalue weighted by Gasteiger charge is 2.65. The van der Waals surface area contributed by atoms with Crippen LogP contribution in [0.2, 0.25) is 0 Å². The zero-order chi connectivity index (χ0) is 16.1. The van der Waals surface area contributed by atoms with Gasteiger partial charge in [0.1, 0.15) is 4.90 Å². The van der Waals surface area contributed by atoms with Crippen LogP contribution in [-0.2, 0) is 9.53 Å². The molecular weight excluding hydrogens is 307 g/mol. The fourth-order valence-corrected chi connectivity index (χ4v) is 1.55. The summed E-state index contributed by atoms with van der Waals surface area (Å²) < 4.78 is 64.8. The number of rotatable bonds is 3. The Morgan fingerprint density at radius 3 is 1.90 bits per heavy atom. The number of hydrogen-bond acceptors (Lipinski definition) is 4. The van der Waals surface area contributed by atoms with Gasteiger partial charge in [0.15, 0.2) is 0 Å². The fraction of sp³-hybridized carbons (Fsp3) is 0.200. The molecule has 0 atom stereocenters. The SMILES string of the molecule is COC(=O)CN.N=Cc1ccc(S(F)(F)(F)(F)F)cc1. The maximum atomic E-state index is 12.1. The molecule has 0 aliphatic heterocycles. The summed E-state index contributed by atoms with van der Waals surface area (Å²) in [7, 11) is -8.24. The number of ether oxygens (including phenoxy) is 1. The molecular formula is C10H13F5N2O2S. The van der Waals surface area contributed by atoms with E-state index in [-0.39, 0.29) is 30.2 Å². The van der Waals surface area contributed by atoms with Gasteiger partial charge in [-0.15, -0.1) is 0 Å². The first-order valence-electron chi connectivity index (χ1n) is 4.95. The summed E-state index contributed by atoms with van der Waals surface area (Å²) in [6.07, 6.45) is 0.773. The van der Waals surface area contributed by atoms with E-state index in [9.17, 15) is 24.2 Å². The molecule has 0 bridgehead atoms. The van der Waals surface area contributed by atoms with Crippen LogP contribution in [0.15, 0.2) is 29.2 Å². The van der Waals surface area contributed by atoms with Crippen LogP contribution in [0.3, 0.4) is 0 Å². The molecule has 0 amide bonds. The van der Waals surface area contributed by atoms with Gasteiger partial charge in [-0.05, 0) is 17.7 Å². The minimum atomic E-state index is -9.54. The van der Waals surface area contributed by atoms with Gasteiger partial charge in [-0.2, -0.15) is 0 Å². The summed E-state index contributed by atoms with van der Waals surface area (Å²) >= 11 is 0. The molecule has 1 rings (SSSR count). The maximum Gasteiger partial charge on any atom is 0.319 e. The van der Waals surface area contributed by atoms with Crippen LogP contribution >= 0.6 is 10.2 Å². The van der Waals surface area contributed by atoms with Gasteiger partial charge < -0.3 is 15.9 Å². The Kier molecular flexibility index (Phi) is 4.92. The predicted molar refractivity (Wildman–Crippen MR) is 66.8 cm³/mol. The van der Waals surface area contributed by atoms with Crippen molar-refractivity contribution in [2.24, 2.45) is 5.73 Å². The van der Waals surface area contributed by atoms with E-state index in [0.29, 0.717) is 0 Å². The standard InChI is InChI=1S/C7H6F5NS.C3H7NO2/c8-14(9,10,11,12)7-3-1-6(5-13)2-4-7;1-6-3(5)2-4/h1-5,13H;2,4H2,1H3. The molecule has 20 heavy (non-hydrogen) atoms. The lowest BCUT2D eigenvalue weighted by molar-refractivity contribution is -0.138. The third kappa shape index (κ3) is 6.48. The molecule has 1 aromatic carbocycles. The number of hydrogen-bond donors (Lipinski definition) is 2. The number of methoxy groups -OCH3 is 1. The smallest absolute Gasteiger partial charge is 0.319 e. The lowest BCUT2D eigenvalue weighted by Gasteiger charge is -2.40. The number of esters is 1. The number of benzene rings is 1. The van der Waals surface area contributed by atoms with Gasteiger partial charge in [0, 0.05) is 6.21 Å².